The van der Waals surface area contributed by atoms with Gasteiger partial charge in [0, 0.05) is 11.3 Å². The van der Waals surface area contributed by atoms with Crippen molar-refractivity contribution in [2.24, 2.45) is 5.14 Å². The van der Waals surface area contributed by atoms with E-state index < -0.39 is 10.0 Å². The third kappa shape index (κ3) is 6.01. The van der Waals surface area contributed by atoms with Gasteiger partial charge in [-0.05, 0) is 53.1 Å². The molecular weight excluding hydrogens is 416 g/mol. The fourth-order valence-electron chi connectivity index (χ4n) is 3.28. The van der Waals surface area contributed by atoms with Crippen LogP contribution in [0.5, 0.6) is 0 Å². The molecule has 1 heterocycles. The lowest BCUT2D eigenvalue weighted by Crippen LogP contribution is -2.29. The molecule has 7 heteroatoms. The Bertz CT molecular complexity index is 1060. The summed E-state index contributed by atoms with van der Waals surface area (Å²) < 4.78 is 22.7. The minimum atomic E-state index is -3.71. The van der Waals surface area contributed by atoms with Crippen LogP contribution in [0.3, 0.4) is 0 Å². The standard InChI is InChI=1S/C23H26N2O3S2/c1-2-4-17-6-11-19(12-7-17)23(21-5-3-16-29-21)25-22(26)15-10-18-8-13-20(14-9-18)30(24,27)28/h3,5-9,11-14,16,23H,2,4,10,15H2,1H3,(H,25,26)(H2,24,27,28). The van der Waals surface area contributed by atoms with Crippen LogP contribution in [0.1, 0.15) is 47.4 Å². The highest BCUT2D eigenvalue weighted by atomic mass is 32.2. The zero-order chi connectivity index (χ0) is 21.6. The number of nitrogens with one attached hydrogen (secondary N) is 1. The Morgan fingerprint density at radius 1 is 1.00 bits per heavy atom. The number of carbonyl (C=O) groups is 1. The molecule has 158 valence electrons. The van der Waals surface area contributed by atoms with E-state index in [-0.39, 0.29) is 16.8 Å². The highest BCUT2D eigenvalue weighted by molar-refractivity contribution is 7.89. The van der Waals surface area contributed by atoms with E-state index in [1.807, 2.05) is 17.5 Å². The molecule has 0 saturated heterocycles. The third-order valence-corrected chi connectivity index (χ3v) is 6.74. The molecule has 0 aliphatic heterocycles. The van der Waals surface area contributed by atoms with E-state index in [1.54, 1.807) is 23.5 Å². The largest absolute Gasteiger partial charge is 0.344 e. The number of sulfonamides is 1. The van der Waals surface area contributed by atoms with Gasteiger partial charge in [0.25, 0.3) is 0 Å². The third-order valence-electron chi connectivity index (χ3n) is 4.88. The monoisotopic (exact) mass is 442 g/mol. The Morgan fingerprint density at radius 2 is 1.63 bits per heavy atom. The van der Waals surface area contributed by atoms with Crippen molar-refractivity contribution in [1.82, 2.24) is 5.32 Å². The number of amides is 1. The molecule has 0 radical (unpaired) electrons. The van der Waals surface area contributed by atoms with Gasteiger partial charge < -0.3 is 5.32 Å². The molecule has 1 amide bonds. The van der Waals surface area contributed by atoms with Crippen molar-refractivity contribution in [2.75, 3.05) is 0 Å². The first-order valence-corrected chi connectivity index (χ1v) is 12.3. The Kier molecular flexibility index (Phi) is 7.42. The van der Waals surface area contributed by atoms with Crippen molar-refractivity contribution < 1.29 is 13.2 Å². The van der Waals surface area contributed by atoms with Gasteiger partial charge in [0.1, 0.15) is 0 Å². The Hall–Kier alpha value is -2.48. The predicted molar refractivity (Wildman–Crippen MR) is 121 cm³/mol. The molecule has 0 saturated carbocycles. The zero-order valence-corrected chi connectivity index (χ0v) is 18.5. The van der Waals surface area contributed by atoms with E-state index in [9.17, 15) is 13.2 Å². The lowest BCUT2D eigenvalue weighted by molar-refractivity contribution is -0.121. The Labute approximate surface area is 182 Å². The van der Waals surface area contributed by atoms with Crippen molar-refractivity contribution in [3.05, 3.63) is 87.6 Å². The first kappa shape index (κ1) is 22.2. The highest BCUT2D eigenvalue weighted by Gasteiger charge is 2.18. The second kappa shape index (κ2) is 10.0. The number of carbonyl (C=O) groups excluding carboxylic acids is 1. The molecule has 3 N–H and O–H groups in total. The lowest BCUT2D eigenvalue weighted by atomic mass is 10.0. The van der Waals surface area contributed by atoms with Crippen LogP contribution in [0.15, 0.2) is 70.9 Å². The molecule has 1 unspecified atom stereocenters. The fourth-order valence-corrected chi connectivity index (χ4v) is 4.59. The van der Waals surface area contributed by atoms with Gasteiger partial charge >= 0.3 is 0 Å². The van der Waals surface area contributed by atoms with E-state index in [2.05, 4.69) is 36.5 Å². The van der Waals surface area contributed by atoms with Gasteiger partial charge in [-0.25, -0.2) is 13.6 Å². The minimum absolute atomic E-state index is 0.0541. The lowest BCUT2D eigenvalue weighted by Gasteiger charge is -2.19. The second-order valence-electron chi connectivity index (χ2n) is 7.20. The van der Waals surface area contributed by atoms with E-state index >= 15 is 0 Å². The first-order chi connectivity index (χ1) is 14.4. The van der Waals surface area contributed by atoms with E-state index in [4.69, 9.17) is 5.14 Å². The van der Waals surface area contributed by atoms with Crippen LogP contribution in [0.25, 0.3) is 0 Å². The van der Waals surface area contributed by atoms with Gasteiger partial charge in [0.05, 0.1) is 10.9 Å². The van der Waals surface area contributed by atoms with Gasteiger partial charge in [-0.3, -0.25) is 4.79 Å². The molecule has 1 atom stereocenters. The minimum Gasteiger partial charge on any atom is -0.344 e. The van der Waals surface area contributed by atoms with Crippen LogP contribution in [0, 0.1) is 0 Å². The van der Waals surface area contributed by atoms with Gasteiger partial charge in [-0.1, -0.05) is 55.8 Å². The average Bonchev–Trinajstić information content (AvgIpc) is 3.26. The topological polar surface area (TPSA) is 89.3 Å². The van der Waals surface area contributed by atoms with Gasteiger partial charge in [-0.15, -0.1) is 11.3 Å². The summed E-state index contributed by atoms with van der Waals surface area (Å²) in [6.07, 6.45) is 2.97. The molecule has 3 aromatic rings. The summed E-state index contributed by atoms with van der Waals surface area (Å²) in [6, 6.07) is 18.6. The molecule has 1 aromatic heterocycles. The molecule has 30 heavy (non-hydrogen) atoms. The van der Waals surface area contributed by atoms with E-state index in [1.165, 1.54) is 17.7 Å². The molecule has 0 aliphatic carbocycles. The summed E-state index contributed by atoms with van der Waals surface area (Å²) in [5.74, 6) is -0.0541. The maximum Gasteiger partial charge on any atom is 0.238 e. The summed E-state index contributed by atoms with van der Waals surface area (Å²) in [4.78, 5) is 13.8. The van der Waals surface area contributed by atoms with Crippen LogP contribution < -0.4 is 10.5 Å². The van der Waals surface area contributed by atoms with Crippen LogP contribution in [0.2, 0.25) is 0 Å². The first-order valence-electron chi connectivity index (χ1n) is 9.90. The van der Waals surface area contributed by atoms with Gasteiger partial charge in [-0.2, -0.15) is 0 Å². The zero-order valence-electron chi connectivity index (χ0n) is 16.9. The number of hydrogen-bond donors (Lipinski definition) is 2. The number of nitrogens with two attached hydrogens (primary N) is 1. The summed E-state index contributed by atoms with van der Waals surface area (Å²) >= 11 is 1.62. The Balaban J connectivity index is 1.66. The summed E-state index contributed by atoms with van der Waals surface area (Å²) in [5, 5.41) is 10.3. The molecule has 5 nitrogen and oxygen atoms in total. The second-order valence-corrected chi connectivity index (χ2v) is 9.74. The fraction of sp³-hybridized carbons (Fsp3) is 0.261. The molecule has 0 fully saturated rings. The quantitative estimate of drug-likeness (QED) is 0.521. The maximum absolute atomic E-state index is 12.7. The average molecular weight is 443 g/mol. The van der Waals surface area contributed by atoms with Crippen molar-refractivity contribution in [3.8, 4) is 0 Å². The molecule has 3 rings (SSSR count). The summed E-state index contributed by atoms with van der Waals surface area (Å²) in [7, 11) is -3.71. The molecular formula is C23H26N2O3S2. The van der Waals surface area contributed by atoms with Crippen LogP contribution >= 0.6 is 11.3 Å². The van der Waals surface area contributed by atoms with Crippen molar-refractivity contribution in [1.29, 1.82) is 0 Å². The predicted octanol–water partition coefficient (Wildman–Crippen LogP) is 4.19. The maximum atomic E-state index is 12.7. The van der Waals surface area contributed by atoms with Crippen molar-refractivity contribution >= 4 is 27.3 Å². The molecule has 0 bridgehead atoms. The summed E-state index contributed by atoms with van der Waals surface area (Å²) in [5.41, 5.74) is 3.23. The number of benzene rings is 2. The normalized spacial score (nSPS) is 12.5. The van der Waals surface area contributed by atoms with Crippen LogP contribution in [-0.2, 0) is 27.7 Å². The highest BCUT2D eigenvalue weighted by Crippen LogP contribution is 2.27. The molecule has 0 spiro atoms. The number of aryl methyl sites for hydroxylation is 2. The Morgan fingerprint density at radius 3 is 2.20 bits per heavy atom. The van der Waals surface area contributed by atoms with E-state index in [0.29, 0.717) is 12.8 Å². The summed E-state index contributed by atoms with van der Waals surface area (Å²) in [6.45, 7) is 2.16. The smallest absolute Gasteiger partial charge is 0.238 e. The van der Waals surface area contributed by atoms with Gasteiger partial charge in [0.15, 0.2) is 0 Å². The molecule has 0 aliphatic rings. The van der Waals surface area contributed by atoms with Crippen LogP contribution in [0.4, 0.5) is 0 Å². The van der Waals surface area contributed by atoms with E-state index in [0.717, 1.165) is 28.8 Å². The number of rotatable bonds is 9. The van der Waals surface area contributed by atoms with Crippen LogP contribution in [-0.4, -0.2) is 14.3 Å². The van der Waals surface area contributed by atoms with Crippen molar-refractivity contribution in [2.45, 2.75) is 43.5 Å². The number of thiophene rings is 1. The number of primary sulfonamides is 1. The van der Waals surface area contributed by atoms with Crippen molar-refractivity contribution in [3.63, 3.8) is 0 Å². The SMILES string of the molecule is CCCc1ccc(C(NC(=O)CCc2ccc(S(N)(=O)=O)cc2)c2cccs2)cc1. The van der Waals surface area contributed by atoms with Gasteiger partial charge in [0.2, 0.25) is 15.9 Å². The molecule has 2 aromatic carbocycles. The number of hydrogen-bond acceptors (Lipinski definition) is 4.